The Morgan fingerprint density at radius 3 is 2.23 bits per heavy atom. The Morgan fingerprint density at radius 1 is 1.13 bits per heavy atom. The lowest BCUT2D eigenvalue weighted by molar-refractivity contribution is -0.141. The summed E-state index contributed by atoms with van der Waals surface area (Å²) in [6.07, 6.45) is 1.11. The minimum atomic E-state index is -0.922. The molecule has 1 rings (SSSR count). The molecule has 0 spiro atoms. The molecule has 0 heterocycles. The quantitative estimate of drug-likeness (QED) is 0.374. The first-order valence-electron chi connectivity index (χ1n) is 10.8. The molecule has 0 bridgehead atoms. The molecule has 0 radical (unpaired) electrons. The molecular weight excluding hydrogens is 414 g/mol. The highest BCUT2D eigenvalue weighted by Crippen LogP contribution is 2.23. The highest BCUT2D eigenvalue weighted by Gasteiger charge is 2.34. The van der Waals surface area contributed by atoms with Gasteiger partial charge in [-0.3, -0.25) is 9.59 Å². The summed E-state index contributed by atoms with van der Waals surface area (Å²) < 4.78 is 5.27. The number of benzene rings is 1. The number of rotatable bonds is 10. The van der Waals surface area contributed by atoms with Crippen LogP contribution in [0.3, 0.4) is 0 Å². The van der Waals surface area contributed by atoms with Gasteiger partial charge in [0.2, 0.25) is 11.8 Å². The normalized spacial score (nSPS) is 13.1. The molecule has 0 aliphatic heterocycles. The number of nitrogens with one attached hydrogen (secondary N) is 2. The lowest BCUT2D eigenvalue weighted by atomic mass is 10.0. The Morgan fingerprint density at radius 2 is 1.74 bits per heavy atom. The zero-order valence-corrected chi connectivity index (χ0v) is 20.4. The Hall–Kier alpha value is -2.22. The van der Waals surface area contributed by atoms with E-state index in [4.69, 9.17) is 4.74 Å². The highest BCUT2D eigenvalue weighted by atomic mass is 32.1. The van der Waals surface area contributed by atoms with E-state index in [-0.39, 0.29) is 17.6 Å². The van der Waals surface area contributed by atoms with Crippen molar-refractivity contribution in [2.45, 2.75) is 72.1 Å². The first-order valence-corrected chi connectivity index (χ1v) is 11.4. The Balaban J connectivity index is 3.16. The fraction of sp³-hybridized carbons (Fsp3) is 0.609. The van der Waals surface area contributed by atoms with E-state index in [9.17, 15) is 14.4 Å². The molecule has 1 aromatic rings. The van der Waals surface area contributed by atoms with E-state index < -0.39 is 23.8 Å². The number of aryl methyl sites for hydroxylation is 1. The summed E-state index contributed by atoms with van der Waals surface area (Å²) in [7, 11) is 0. The van der Waals surface area contributed by atoms with Crippen LogP contribution in [0.5, 0.6) is 0 Å². The lowest BCUT2D eigenvalue weighted by Gasteiger charge is -2.33. The van der Waals surface area contributed by atoms with Gasteiger partial charge in [-0.2, -0.15) is 12.6 Å². The van der Waals surface area contributed by atoms with Gasteiger partial charge < -0.3 is 20.3 Å². The van der Waals surface area contributed by atoms with E-state index in [1.807, 2.05) is 45.0 Å². The van der Waals surface area contributed by atoms with Crippen LogP contribution in [0.1, 0.15) is 64.6 Å². The molecule has 0 aliphatic carbocycles. The zero-order valence-electron chi connectivity index (χ0n) is 19.5. The van der Waals surface area contributed by atoms with Gasteiger partial charge in [-0.15, -0.1) is 0 Å². The summed E-state index contributed by atoms with van der Waals surface area (Å²) in [5.74, 6) is -0.561. The molecule has 0 saturated heterocycles. The van der Waals surface area contributed by atoms with Crippen LogP contribution in [0.4, 0.5) is 4.79 Å². The zero-order chi connectivity index (χ0) is 23.6. The van der Waals surface area contributed by atoms with E-state index in [0.717, 1.165) is 18.4 Å². The first-order chi connectivity index (χ1) is 14.5. The van der Waals surface area contributed by atoms with Gasteiger partial charge in [0.05, 0.1) is 0 Å². The number of carbonyl (C=O) groups excluding carboxylic acids is 3. The molecule has 2 unspecified atom stereocenters. The number of hydrogen-bond acceptors (Lipinski definition) is 5. The van der Waals surface area contributed by atoms with E-state index in [1.165, 1.54) is 4.90 Å². The Labute approximate surface area is 191 Å². The highest BCUT2D eigenvalue weighted by molar-refractivity contribution is 7.80. The fourth-order valence-electron chi connectivity index (χ4n) is 3.01. The average molecular weight is 452 g/mol. The van der Waals surface area contributed by atoms with Crippen LogP contribution in [0.25, 0.3) is 0 Å². The molecule has 1 aromatic carbocycles. The third-order valence-corrected chi connectivity index (χ3v) is 4.94. The molecule has 8 heteroatoms. The van der Waals surface area contributed by atoms with Crippen molar-refractivity contribution in [2.75, 3.05) is 18.8 Å². The van der Waals surface area contributed by atoms with Crippen molar-refractivity contribution in [1.29, 1.82) is 0 Å². The minimum absolute atomic E-state index is 0.0760. The van der Waals surface area contributed by atoms with Crippen molar-refractivity contribution < 1.29 is 19.1 Å². The summed E-state index contributed by atoms with van der Waals surface area (Å²) in [5, 5.41) is 5.52. The van der Waals surface area contributed by atoms with E-state index in [1.54, 1.807) is 20.8 Å². The van der Waals surface area contributed by atoms with Crippen LogP contribution in [0.2, 0.25) is 0 Å². The van der Waals surface area contributed by atoms with Gasteiger partial charge in [0.25, 0.3) is 0 Å². The lowest BCUT2D eigenvalue weighted by Crippen LogP contribution is -2.53. The molecular formula is C23H37N3O4S. The van der Waals surface area contributed by atoms with Gasteiger partial charge in [0, 0.05) is 18.8 Å². The number of hydrogen-bond donors (Lipinski definition) is 3. The number of alkyl carbamates (subject to hydrolysis) is 1. The minimum Gasteiger partial charge on any atom is -0.444 e. The number of ether oxygens (including phenoxy) is 1. The molecule has 0 aliphatic rings. The Kier molecular flexibility index (Phi) is 10.9. The van der Waals surface area contributed by atoms with Crippen LogP contribution in [-0.4, -0.2) is 53.3 Å². The predicted octanol–water partition coefficient (Wildman–Crippen LogP) is 3.62. The van der Waals surface area contributed by atoms with Crippen molar-refractivity contribution in [2.24, 2.45) is 0 Å². The van der Waals surface area contributed by atoms with Gasteiger partial charge in [0.15, 0.2) is 0 Å². The molecule has 3 amide bonds. The number of carbonyl (C=O) groups is 3. The maximum absolute atomic E-state index is 13.3. The van der Waals surface area contributed by atoms with Crippen LogP contribution in [0.15, 0.2) is 24.3 Å². The summed E-state index contributed by atoms with van der Waals surface area (Å²) >= 11 is 4.25. The second kappa shape index (κ2) is 12.6. The first kappa shape index (κ1) is 26.8. The number of unbranched alkanes of at least 4 members (excludes halogenated alkanes) is 1. The van der Waals surface area contributed by atoms with Crippen LogP contribution in [0, 0.1) is 6.92 Å². The molecule has 31 heavy (non-hydrogen) atoms. The molecule has 0 fully saturated rings. The number of likely N-dealkylation sites (N-methyl/N-ethyl adjacent to an activating group) is 1. The summed E-state index contributed by atoms with van der Waals surface area (Å²) in [6.45, 7) is 11.9. The molecule has 2 N–H and O–H groups in total. The van der Waals surface area contributed by atoms with E-state index in [2.05, 4.69) is 23.3 Å². The maximum atomic E-state index is 13.3. The number of thiol groups is 1. The van der Waals surface area contributed by atoms with E-state index in [0.29, 0.717) is 18.7 Å². The second-order valence-corrected chi connectivity index (χ2v) is 8.83. The topological polar surface area (TPSA) is 87.7 Å². The number of amides is 3. The molecule has 2 atom stereocenters. The smallest absolute Gasteiger partial charge is 0.408 e. The fourth-order valence-corrected chi connectivity index (χ4v) is 3.26. The van der Waals surface area contributed by atoms with Gasteiger partial charge >= 0.3 is 6.09 Å². The Bertz CT molecular complexity index is 731. The second-order valence-electron chi connectivity index (χ2n) is 8.46. The predicted molar refractivity (Wildman–Crippen MR) is 126 cm³/mol. The van der Waals surface area contributed by atoms with Gasteiger partial charge in [-0.05, 0) is 46.6 Å². The van der Waals surface area contributed by atoms with Crippen molar-refractivity contribution in [3.05, 3.63) is 35.4 Å². The molecule has 174 valence electrons. The van der Waals surface area contributed by atoms with E-state index >= 15 is 0 Å². The third kappa shape index (κ3) is 8.81. The maximum Gasteiger partial charge on any atom is 0.408 e. The van der Waals surface area contributed by atoms with Crippen molar-refractivity contribution >= 4 is 30.5 Å². The van der Waals surface area contributed by atoms with Crippen LogP contribution >= 0.6 is 12.6 Å². The molecule has 7 nitrogen and oxygen atoms in total. The summed E-state index contributed by atoms with van der Waals surface area (Å²) in [4.78, 5) is 40.1. The van der Waals surface area contributed by atoms with Crippen molar-refractivity contribution in [1.82, 2.24) is 15.5 Å². The summed E-state index contributed by atoms with van der Waals surface area (Å²) in [5.41, 5.74) is 1.08. The van der Waals surface area contributed by atoms with Crippen molar-refractivity contribution in [3.63, 3.8) is 0 Å². The monoisotopic (exact) mass is 451 g/mol. The molecule has 0 saturated carbocycles. The van der Waals surface area contributed by atoms with Crippen LogP contribution < -0.4 is 10.6 Å². The van der Waals surface area contributed by atoms with Crippen LogP contribution in [-0.2, 0) is 14.3 Å². The number of nitrogens with zero attached hydrogens (tertiary/aromatic N) is 1. The SMILES string of the molecule is CCCCNC(=O)C(c1ccc(C)cc1)N(CC)C(=O)C(CS)NC(=O)OC(C)(C)C. The van der Waals surface area contributed by atoms with Gasteiger partial charge in [-0.1, -0.05) is 43.2 Å². The van der Waals surface area contributed by atoms with Crippen molar-refractivity contribution in [3.8, 4) is 0 Å². The molecule has 0 aromatic heterocycles. The average Bonchev–Trinajstić information content (AvgIpc) is 2.69. The van der Waals surface area contributed by atoms with Gasteiger partial charge in [0.1, 0.15) is 17.7 Å². The largest absolute Gasteiger partial charge is 0.444 e. The third-order valence-electron chi connectivity index (χ3n) is 4.58. The van der Waals surface area contributed by atoms with Gasteiger partial charge in [-0.25, -0.2) is 4.79 Å². The summed E-state index contributed by atoms with van der Waals surface area (Å²) in [6, 6.07) is 5.80. The standard InChI is InChI=1S/C23H37N3O4S/c1-7-9-14-24-20(27)19(17-12-10-16(3)11-13-17)26(8-2)21(28)18(15-31)25-22(29)30-23(4,5)6/h10-13,18-19,31H,7-9,14-15H2,1-6H3,(H,24,27)(H,25,29).